The van der Waals surface area contributed by atoms with Crippen molar-refractivity contribution in [1.29, 1.82) is 0 Å². The van der Waals surface area contributed by atoms with Crippen molar-refractivity contribution in [3.63, 3.8) is 0 Å². The molecule has 1 heterocycles. The van der Waals surface area contributed by atoms with Gasteiger partial charge in [-0.2, -0.15) is 22.8 Å². The van der Waals surface area contributed by atoms with E-state index in [9.17, 15) is 18.0 Å². The fourth-order valence-corrected chi connectivity index (χ4v) is 2.75. The summed E-state index contributed by atoms with van der Waals surface area (Å²) in [4.78, 5) is 17.3. The molecule has 9 heteroatoms. The minimum Gasteiger partial charge on any atom is -0.460 e. The van der Waals surface area contributed by atoms with E-state index in [0.717, 1.165) is 34.5 Å². The first-order valence-electron chi connectivity index (χ1n) is 9.27. The molecule has 158 valence electrons. The summed E-state index contributed by atoms with van der Waals surface area (Å²) in [5.41, 5.74) is 0.720. The normalized spacial score (nSPS) is 11.5. The van der Waals surface area contributed by atoms with Crippen molar-refractivity contribution >= 4 is 5.91 Å². The Hall–Kier alpha value is -3.20. The third-order valence-electron chi connectivity index (χ3n) is 4.29. The molecule has 3 rings (SSSR count). The zero-order valence-corrected chi connectivity index (χ0v) is 16.4. The summed E-state index contributed by atoms with van der Waals surface area (Å²) in [5.74, 6) is -0.376. The van der Waals surface area contributed by atoms with Gasteiger partial charge in [0.25, 0.3) is 5.91 Å². The van der Waals surface area contributed by atoms with Crippen LogP contribution in [0.1, 0.15) is 28.4 Å². The molecule has 0 aliphatic heterocycles. The van der Waals surface area contributed by atoms with Crippen LogP contribution in [0.25, 0.3) is 11.4 Å². The van der Waals surface area contributed by atoms with Crippen LogP contribution in [0.4, 0.5) is 13.2 Å². The Balaban J connectivity index is 1.96. The molecule has 0 amide bonds. The molecular weight excluding hydrogens is 399 g/mol. The number of aryl methyl sites for hydroxylation is 1. The van der Waals surface area contributed by atoms with E-state index < -0.39 is 17.6 Å². The highest BCUT2D eigenvalue weighted by Gasteiger charge is 2.30. The average molecular weight is 419 g/mol. The Morgan fingerprint density at radius 2 is 1.77 bits per heavy atom. The maximum absolute atomic E-state index is 13.0. The number of ether oxygens (including phenoxy) is 2. The quantitative estimate of drug-likeness (QED) is 0.532. The summed E-state index contributed by atoms with van der Waals surface area (Å²) in [6.07, 6.45) is -4.48. The Morgan fingerprint density at radius 3 is 2.40 bits per heavy atom. The van der Waals surface area contributed by atoms with Gasteiger partial charge in [-0.05, 0) is 43.7 Å². The first kappa shape index (κ1) is 21.5. The number of alkyl halides is 3. The highest BCUT2D eigenvalue weighted by atomic mass is 19.4. The number of halogens is 3. The third kappa shape index (κ3) is 4.85. The lowest BCUT2D eigenvalue weighted by atomic mass is 10.1. The van der Waals surface area contributed by atoms with Crippen LogP contribution in [0, 0.1) is 6.92 Å². The molecule has 0 spiro atoms. The van der Waals surface area contributed by atoms with E-state index >= 15 is 0 Å². The number of hydrogen-bond donors (Lipinski definition) is 0. The summed E-state index contributed by atoms with van der Waals surface area (Å²) >= 11 is 0. The van der Waals surface area contributed by atoms with Crippen LogP contribution in [-0.4, -0.2) is 40.5 Å². The molecule has 0 aliphatic rings. The van der Waals surface area contributed by atoms with Crippen LogP contribution >= 0.6 is 0 Å². The molecule has 6 nitrogen and oxygen atoms in total. The van der Waals surface area contributed by atoms with E-state index in [1.165, 1.54) is 0 Å². The number of aromatic nitrogens is 3. The van der Waals surface area contributed by atoms with Crippen molar-refractivity contribution in [3.05, 3.63) is 65.2 Å². The molecule has 0 unspecified atom stereocenters. The average Bonchev–Trinajstić information content (AvgIpc) is 3.14. The van der Waals surface area contributed by atoms with Crippen LogP contribution in [0.3, 0.4) is 0 Å². The Kier molecular flexibility index (Phi) is 6.51. The molecule has 0 N–H and O–H groups in total. The second kappa shape index (κ2) is 9.08. The van der Waals surface area contributed by atoms with Gasteiger partial charge >= 0.3 is 12.2 Å². The van der Waals surface area contributed by atoms with Gasteiger partial charge in [-0.25, -0.2) is 0 Å². The predicted octanol–water partition coefficient (Wildman–Crippen LogP) is 4.38. The lowest BCUT2D eigenvalue weighted by molar-refractivity contribution is -0.137. The summed E-state index contributed by atoms with van der Waals surface area (Å²) < 4.78 is 50.2. The fraction of sp³-hybridized carbons (Fsp3) is 0.286. The molecule has 0 aliphatic carbocycles. The number of rotatable bonds is 7. The van der Waals surface area contributed by atoms with E-state index in [-0.39, 0.29) is 24.0 Å². The van der Waals surface area contributed by atoms with E-state index in [0.29, 0.717) is 18.8 Å². The second-order valence-corrected chi connectivity index (χ2v) is 6.37. The molecule has 0 saturated heterocycles. The molecule has 2 aromatic carbocycles. The molecule has 0 fully saturated rings. The van der Waals surface area contributed by atoms with E-state index in [1.54, 1.807) is 12.1 Å². The Labute approximate surface area is 171 Å². The predicted molar refractivity (Wildman–Crippen MR) is 103 cm³/mol. The molecule has 30 heavy (non-hydrogen) atoms. The molecule has 0 saturated carbocycles. The van der Waals surface area contributed by atoms with Gasteiger partial charge in [0, 0.05) is 17.7 Å². The van der Waals surface area contributed by atoms with E-state index in [2.05, 4.69) is 10.1 Å². The summed E-state index contributed by atoms with van der Waals surface area (Å²) in [7, 11) is 0. The smallest absolute Gasteiger partial charge is 0.416 e. The standard InChI is InChI=1S/C21H20F3N3O3/c1-3-29-12-13-30-20-25-18(17-7-5-4-6-14(17)2)27(26-20)19(28)15-8-10-16(11-9-15)21(22,23)24/h4-11H,3,12-13H2,1-2H3. The highest BCUT2D eigenvalue weighted by molar-refractivity contribution is 5.97. The van der Waals surface area contributed by atoms with Gasteiger partial charge in [0.1, 0.15) is 6.61 Å². The van der Waals surface area contributed by atoms with Crippen molar-refractivity contribution in [2.75, 3.05) is 19.8 Å². The van der Waals surface area contributed by atoms with Gasteiger partial charge < -0.3 is 9.47 Å². The van der Waals surface area contributed by atoms with Gasteiger partial charge in [0.2, 0.25) is 0 Å². The molecule has 0 bridgehead atoms. The van der Waals surface area contributed by atoms with Crippen molar-refractivity contribution < 1.29 is 27.4 Å². The topological polar surface area (TPSA) is 66.2 Å². The summed E-state index contributed by atoms with van der Waals surface area (Å²) in [6.45, 7) is 4.77. The molecule has 0 radical (unpaired) electrons. The maximum Gasteiger partial charge on any atom is 0.416 e. The van der Waals surface area contributed by atoms with Gasteiger partial charge in [-0.3, -0.25) is 4.79 Å². The Morgan fingerprint density at radius 1 is 1.07 bits per heavy atom. The van der Waals surface area contributed by atoms with Crippen molar-refractivity contribution in [1.82, 2.24) is 14.8 Å². The van der Waals surface area contributed by atoms with Gasteiger partial charge in [-0.1, -0.05) is 24.3 Å². The van der Waals surface area contributed by atoms with E-state index in [4.69, 9.17) is 9.47 Å². The Bertz CT molecular complexity index is 1010. The van der Waals surface area contributed by atoms with Crippen molar-refractivity contribution in [2.45, 2.75) is 20.0 Å². The zero-order valence-electron chi connectivity index (χ0n) is 16.4. The second-order valence-electron chi connectivity index (χ2n) is 6.37. The van der Waals surface area contributed by atoms with Crippen LogP contribution < -0.4 is 4.74 Å². The van der Waals surface area contributed by atoms with Gasteiger partial charge in [0.05, 0.1) is 12.2 Å². The molecule has 0 atom stereocenters. The SMILES string of the molecule is CCOCCOc1nc(-c2ccccc2C)n(C(=O)c2ccc(C(F)(F)F)cc2)n1. The lowest BCUT2D eigenvalue weighted by Crippen LogP contribution is -2.16. The minimum absolute atomic E-state index is 0.0202. The van der Waals surface area contributed by atoms with Gasteiger partial charge in [-0.15, -0.1) is 5.10 Å². The third-order valence-corrected chi connectivity index (χ3v) is 4.29. The molecule has 3 aromatic rings. The van der Waals surface area contributed by atoms with Gasteiger partial charge in [0.15, 0.2) is 5.82 Å². The van der Waals surface area contributed by atoms with Crippen LogP contribution in [-0.2, 0) is 10.9 Å². The molecule has 1 aromatic heterocycles. The summed E-state index contributed by atoms with van der Waals surface area (Å²) in [5, 5.41) is 4.13. The van der Waals surface area contributed by atoms with Crippen molar-refractivity contribution in [2.24, 2.45) is 0 Å². The number of benzene rings is 2. The highest BCUT2D eigenvalue weighted by Crippen LogP contribution is 2.30. The number of carbonyl (C=O) groups excluding carboxylic acids is 1. The number of nitrogens with zero attached hydrogens (tertiary/aromatic N) is 3. The van der Waals surface area contributed by atoms with Crippen LogP contribution in [0.5, 0.6) is 6.01 Å². The van der Waals surface area contributed by atoms with Crippen LogP contribution in [0.2, 0.25) is 0 Å². The largest absolute Gasteiger partial charge is 0.460 e. The first-order chi connectivity index (χ1) is 14.3. The minimum atomic E-state index is -4.48. The number of carbonyl (C=O) groups is 1. The monoisotopic (exact) mass is 419 g/mol. The van der Waals surface area contributed by atoms with Crippen LogP contribution in [0.15, 0.2) is 48.5 Å². The first-order valence-corrected chi connectivity index (χ1v) is 9.27. The van der Waals surface area contributed by atoms with Crippen molar-refractivity contribution in [3.8, 4) is 17.4 Å². The molecular formula is C21H20F3N3O3. The fourth-order valence-electron chi connectivity index (χ4n) is 2.75. The zero-order chi connectivity index (χ0) is 21.7. The lowest BCUT2D eigenvalue weighted by Gasteiger charge is -2.09. The summed E-state index contributed by atoms with van der Waals surface area (Å²) in [6, 6.07) is 11.2. The van der Waals surface area contributed by atoms with E-state index in [1.807, 2.05) is 26.0 Å². The number of hydrogen-bond acceptors (Lipinski definition) is 5. The maximum atomic E-state index is 13.0.